The van der Waals surface area contributed by atoms with Gasteiger partial charge in [0, 0.05) is 10.8 Å². The van der Waals surface area contributed by atoms with Gasteiger partial charge in [-0.15, -0.1) is 0 Å². The lowest BCUT2D eigenvalue weighted by Gasteiger charge is -2.02. The molecule has 25 heavy (non-hydrogen) atoms. The van der Waals surface area contributed by atoms with Crippen molar-refractivity contribution in [1.29, 1.82) is 5.41 Å². The van der Waals surface area contributed by atoms with Crippen LogP contribution in [0.4, 0.5) is 0 Å². The molecule has 4 N–H and O–H groups in total. The van der Waals surface area contributed by atoms with Crippen molar-refractivity contribution in [3.8, 4) is 5.75 Å². The number of nitrogens with one attached hydrogen (secondary N) is 1. The zero-order valence-corrected chi connectivity index (χ0v) is 14.6. The van der Waals surface area contributed by atoms with Crippen molar-refractivity contribution in [1.82, 2.24) is 0 Å². The van der Waals surface area contributed by atoms with E-state index >= 15 is 0 Å². The molecule has 1 aromatic carbocycles. The summed E-state index contributed by atoms with van der Waals surface area (Å²) in [5.41, 5.74) is 6.47. The highest BCUT2D eigenvalue weighted by molar-refractivity contribution is 7.85. The van der Waals surface area contributed by atoms with E-state index in [4.69, 9.17) is 24.8 Å². The fourth-order valence-electron chi connectivity index (χ4n) is 1.76. The maximum absolute atomic E-state index is 11.8. The average Bonchev–Trinajstić information content (AvgIpc) is 3.14. The topological polar surface area (TPSA) is 144 Å². The summed E-state index contributed by atoms with van der Waals surface area (Å²) in [7, 11) is -3.67. The highest BCUT2D eigenvalue weighted by Gasteiger charge is 2.11. The molecule has 3 rings (SSSR count). The van der Waals surface area contributed by atoms with Crippen LogP contribution in [-0.4, -0.2) is 31.0 Å². The number of carbonyl (C=O) groups excluding carboxylic acids is 1. The van der Waals surface area contributed by atoms with Crippen LogP contribution in [0.15, 0.2) is 45.5 Å². The third kappa shape index (κ3) is 5.71. The normalized spacial score (nSPS) is 10.8. The second kappa shape index (κ2) is 7.47. The third-order valence-electron chi connectivity index (χ3n) is 2.72. The molecule has 0 aliphatic heterocycles. The van der Waals surface area contributed by atoms with Crippen molar-refractivity contribution < 1.29 is 26.9 Å². The first kappa shape index (κ1) is 18.6. The predicted molar refractivity (Wildman–Crippen MR) is 94.0 cm³/mol. The SMILES string of the molecule is CS(=O)(=O)O.N=C(N)c1cc2cc(OC(=O)c3ccsc3)ccc2o1. The molecular weight excluding hydrogens is 368 g/mol. The number of fused-ring (bicyclic) bond motifs is 1. The minimum absolute atomic E-state index is 0.141. The zero-order chi connectivity index (χ0) is 18.6. The fourth-order valence-corrected chi connectivity index (χ4v) is 2.39. The van der Waals surface area contributed by atoms with Crippen LogP contribution in [-0.2, 0) is 10.1 Å². The Morgan fingerprint density at radius 1 is 1.32 bits per heavy atom. The van der Waals surface area contributed by atoms with Crippen LogP contribution >= 0.6 is 11.3 Å². The Balaban J connectivity index is 0.000000399. The number of thiophene rings is 1. The van der Waals surface area contributed by atoms with Gasteiger partial charge < -0.3 is 14.9 Å². The van der Waals surface area contributed by atoms with E-state index in [0.717, 1.165) is 5.39 Å². The van der Waals surface area contributed by atoms with E-state index in [1.807, 2.05) is 5.38 Å². The molecule has 0 spiro atoms. The molecule has 3 aromatic rings. The number of nitrogen functional groups attached to an aromatic ring is 1. The Kier molecular flexibility index (Phi) is 5.57. The number of benzene rings is 1. The minimum Gasteiger partial charge on any atom is -0.453 e. The van der Waals surface area contributed by atoms with E-state index in [-0.39, 0.29) is 5.84 Å². The average molecular weight is 382 g/mol. The Labute approximate surface area is 147 Å². The monoisotopic (exact) mass is 382 g/mol. The van der Waals surface area contributed by atoms with Gasteiger partial charge in [-0.3, -0.25) is 9.96 Å². The number of carbonyl (C=O) groups is 1. The van der Waals surface area contributed by atoms with Gasteiger partial charge in [0.2, 0.25) is 0 Å². The number of rotatable bonds is 3. The van der Waals surface area contributed by atoms with Crippen LogP contribution in [0.2, 0.25) is 0 Å². The third-order valence-corrected chi connectivity index (χ3v) is 3.40. The maximum Gasteiger partial charge on any atom is 0.344 e. The van der Waals surface area contributed by atoms with Crippen LogP contribution in [0.3, 0.4) is 0 Å². The molecule has 0 fully saturated rings. The van der Waals surface area contributed by atoms with Crippen LogP contribution < -0.4 is 10.5 Å². The lowest BCUT2D eigenvalue weighted by molar-refractivity contribution is 0.0735. The van der Waals surface area contributed by atoms with E-state index < -0.39 is 16.1 Å². The molecule has 0 atom stereocenters. The van der Waals surface area contributed by atoms with Gasteiger partial charge in [-0.05, 0) is 35.7 Å². The molecule has 8 nitrogen and oxygen atoms in total. The van der Waals surface area contributed by atoms with E-state index in [9.17, 15) is 13.2 Å². The van der Waals surface area contributed by atoms with Crippen molar-refractivity contribution in [2.45, 2.75) is 0 Å². The van der Waals surface area contributed by atoms with Crippen molar-refractivity contribution in [2.75, 3.05) is 6.26 Å². The molecule has 2 aromatic heterocycles. The van der Waals surface area contributed by atoms with Gasteiger partial charge in [0.05, 0.1) is 11.8 Å². The molecule has 0 amide bonds. The Hall–Kier alpha value is -2.69. The van der Waals surface area contributed by atoms with Gasteiger partial charge in [0.25, 0.3) is 10.1 Å². The summed E-state index contributed by atoms with van der Waals surface area (Å²) in [6, 6.07) is 8.34. The first-order chi connectivity index (χ1) is 11.6. The quantitative estimate of drug-likeness (QED) is 0.207. The minimum atomic E-state index is -3.67. The molecule has 0 aliphatic carbocycles. The first-order valence-electron chi connectivity index (χ1n) is 6.68. The molecular formula is C15H14N2O6S2. The lowest BCUT2D eigenvalue weighted by Crippen LogP contribution is -2.09. The molecule has 0 bridgehead atoms. The zero-order valence-electron chi connectivity index (χ0n) is 12.9. The smallest absolute Gasteiger partial charge is 0.344 e. The first-order valence-corrected chi connectivity index (χ1v) is 9.47. The lowest BCUT2D eigenvalue weighted by atomic mass is 10.2. The number of esters is 1. The van der Waals surface area contributed by atoms with Gasteiger partial charge in [0.15, 0.2) is 11.6 Å². The highest BCUT2D eigenvalue weighted by Crippen LogP contribution is 2.25. The molecule has 132 valence electrons. The molecule has 0 saturated carbocycles. The summed E-state index contributed by atoms with van der Waals surface area (Å²) in [5.74, 6) is 0.171. The van der Waals surface area contributed by atoms with E-state index in [1.165, 1.54) is 11.3 Å². The summed E-state index contributed by atoms with van der Waals surface area (Å²) < 4.78 is 36.5. The summed E-state index contributed by atoms with van der Waals surface area (Å²) in [5, 5.41) is 11.6. The van der Waals surface area contributed by atoms with Crippen LogP contribution in [0.5, 0.6) is 5.75 Å². The van der Waals surface area contributed by atoms with E-state index in [1.54, 1.807) is 35.7 Å². The maximum atomic E-state index is 11.8. The molecule has 0 radical (unpaired) electrons. The predicted octanol–water partition coefficient (Wildman–Crippen LogP) is 2.50. The second-order valence-electron chi connectivity index (χ2n) is 4.86. The van der Waals surface area contributed by atoms with Gasteiger partial charge in [-0.2, -0.15) is 19.8 Å². The van der Waals surface area contributed by atoms with Crippen LogP contribution in [0, 0.1) is 5.41 Å². The van der Waals surface area contributed by atoms with E-state index in [2.05, 4.69) is 0 Å². The summed E-state index contributed by atoms with van der Waals surface area (Å²) in [4.78, 5) is 11.8. The van der Waals surface area contributed by atoms with Crippen molar-refractivity contribution >= 4 is 44.2 Å². The summed E-state index contributed by atoms with van der Waals surface area (Å²) >= 11 is 1.43. The van der Waals surface area contributed by atoms with Crippen LogP contribution in [0.25, 0.3) is 11.0 Å². The van der Waals surface area contributed by atoms with Gasteiger partial charge >= 0.3 is 5.97 Å². The van der Waals surface area contributed by atoms with Crippen molar-refractivity contribution in [2.24, 2.45) is 5.73 Å². The number of hydrogen-bond donors (Lipinski definition) is 3. The largest absolute Gasteiger partial charge is 0.453 e. The molecule has 0 unspecified atom stereocenters. The standard InChI is InChI=1S/C14H10N2O3S.CH4O3S/c15-13(16)12-6-9-5-10(1-2-11(9)19-12)18-14(17)8-3-4-20-7-8;1-5(2,3)4/h1-7H,(H3,15,16);1H3,(H,2,3,4). The van der Waals surface area contributed by atoms with E-state index in [0.29, 0.717) is 28.9 Å². The molecule has 2 heterocycles. The van der Waals surface area contributed by atoms with Gasteiger partial charge in [0.1, 0.15) is 11.3 Å². The number of nitrogens with two attached hydrogens (primary N) is 1. The van der Waals surface area contributed by atoms with Crippen molar-refractivity contribution in [3.05, 3.63) is 52.4 Å². The number of hydrogen-bond acceptors (Lipinski definition) is 7. The number of amidine groups is 1. The second-order valence-corrected chi connectivity index (χ2v) is 7.10. The van der Waals surface area contributed by atoms with Gasteiger partial charge in [-0.1, -0.05) is 0 Å². The molecule has 0 saturated heterocycles. The summed E-state index contributed by atoms with van der Waals surface area (Å²) in [6.45, 7) is 0. The Bertz CT molecular complexity index is 998. The molecule has 10 heteroatoms. The van der Waals surface area contributed by atoms with Gasteiger partial charge in [-0.25, -0.2) is 4.79 Å². The van der Waals surface area contributed by atoms with Crippen molar-refractivity contribution in [3.63, 3.8) is 0 Å². The Morgan fingerprint density at radius 2 is 2.00 bits per heavy atom. The highest BCUT2D eigenvalue weighted by atomic mass is 32.2. The van der Waals surface area contributed by atoms with Crippen LogP contribution in [0.1, 0.15) is 16.1 Å². The number of ether oxygens (including phenoxy) is 1. The Morgan fingerprint density at radius 3 is 2.56 bits per heavy atom. The fraction of sp³-hybridized carbons (Fsp3) is 0.0667. The number of furan rings is 1. The molecule has 0 aliphatic rings. The summed E-state index contributed by atoms with van der Waals surface area (Å²) in [6.07, 6.45) is 0.715.